The number of para-hydroxylation sites is 1. The minimum atomic E-state index is -3.53. The van der Waals surface area contributed by atoms with Crippen LogP contribution in [0, 0.1) is 11.8 Å². The largest absolute Gasteiger partial charge is 0.393 e. The molecule has 0 bridgehead atoms. The second kappa shape index (κ2) is 13.0. The van der Waals surface area contributed by atoms with Crippen LogP contribution in [0.15, 0.2) is 30.3 Å². The molecule has 5 atom stereocenters. The van der Waals surface area contributed by atoms with E-state index in [1.54, 1.807) is 24.3 Å². The lowest BCUT2D eigenvalue weighted by atomic mass is 9.85. The number of nitrogens with one attached hydrogen (secondary N) is 2. The number of carbonyl (C=O) groups excluding carboxylic acids is 2. The Morgan fingerprint density at radius 3 is 2.24 bits per heavy atom. The maximum atomic E-state index is 12.2. The van der Waals surface area contributed by atoms with Gasteiger partial charge in [-0.1, -0.05) is 37.5 Å². The SMILES string of the molecule is CS(=O)(=O)NC(=O)CCCCCC[C@@H]1C(CCC(O)C(=O)Nc2ccccc2)[C@H](O)C[C@@H]1O. The number of unbranched alkanes of at least 4 members (excludes halogenated alkanes) is 3. The molecule has 0 saturated heterocycles. The van der Waals surface area contributed by atoms with Crippen LogP contribution >= 0.6 is 0 Å². The van der Waals surface area contributed by atoms with Crippen molar-refractivity contribution < 1.29 is 33.3 Å². The highest BCUT2D eigenvalue weighted by Crippen LogP contribution is 2.39. The first-order valence-corrected chi connectivity index (χ1v) is 13.4. The Morgan fingerprint density at radius 1 is 1.00 bits per heavy atom. The highest BCUT2D eigenvalue weighted by Gasteiger charge is 2.41. The quantitative estimate of drug-likeness (QED) is 0.266. The van der Waals surface area contributed by atoms with Gasteiger partial charge in [-0.15, -0.1) is 0 Å². The molecule has 1 fully saturated rings. The van der Waals surface area contributed by atoms with Crippen molar-refractivity contribution >= 4 is 27.5 Å². The smallest absolute Gasteiger partial charge is 0.253 e. The molecule has 1 aromatic rings. The van der Waals surface area contributed by atoms with Gasteiger partial charge in [0.05, 0.1) is 18.5 Å². The number of amides is 2. The number of anilines is 1. The topological polar surface area (TPSA) is 153 Å². The zero-order valence-corrected chi connectivity index (χ0v) is 19.8. The molecular formula is C23H36N2O7S. The molecule has 10 heteroatoms. The number of aliphatic hydroxyl groups is 3. The van der Waals surface area contributed by atoms with E-state index in [4.69, 9.17) is 0 Å². The van der Waals surface area contributed by atoms with Crippen molar-refractivity contribution in [3.05, 3.63) is 30.3 Å². The van der Waals surface area contributed by atoms with E-state index in [1.165, 1.54) is 0 Å². The summed E-state index contributed by atoms with van der Waals surface area (Å²) < 4.78 is 24.0. The van der Waals surface area contributed by atoms with Gasteiger partial charge in [-0.25, -0.2) is 8.42 Å². The number of hydrogen-bond donors (Lipinski definition) is 5. The molecule has 186 valence electrons. The van der Waals surface area contributed by atoms with Crippen molar-refractivity contribution in [1.29, 1.82) is 0 Å². The number of carbonyl (C=O) groups is 2. The molecule has 33 heavy (non-hydrogen) atoms. The van der Waals surface area contributed by atoms with Gasteiger partial charge in [0.2, 0.25) is 15.9 Å². The van der Waals surface area contributed by atoms with Crippen LogP contribution < -0.4 is 10.0 Å². The standard InChI is InChI=1S/C23H36N2O7S/c1-33(31,32)25-22(29)12-8-3-2-7-11-17-18(21(28)15-20(17)27)13-14-19(26)23(30)24-16-9-5-4-6-10-16/h4-6,9-10,17-21,26-28H,2-3,7-8,11-15H2,1H3,(H,24,30)(H,25,29)/t17-,18?,19?,20+,21-/m1/s1. The minimum absolute atomic E-state index is 0.113. The molecule has 1 aliphatic rings. The molecule has 9 nitrogen and oxygen atoms in total. The molecule has 5 N–H and O–H groups in total. The maximum absolute atomic E-state index is 12.2. The Labute approximate surface area is 195 Å². The predicted octanol–water partition coefficient (Wildman–Crippen LogP) is 1.54. The van der Waals surface area contributed by atoms with E-state index >= 15 is 0 Å². The van der Waals surface area contributed by atoms with E-state index in [9.17, 15) is 33.3 Å². The Balaban J connectivity index is 1.71. The van der Waals surface area contributed by atoms with Crippen LogP contribution in [0.2, 0.25) is 0 Å². The van der Waals surface area contributed by atoms with Crippen LogP contribution in [0.3, 0.4) is 0 Å². The molecule has 0 aliphatic heterocycles. The van der Waals surface area contributed by atoms with E-state index in [-0.39, 0.29) is 31.1 Å². The molecule has 2 unspecified atom stereocenters. The molecule has 0 spiro atoms. The molecule has 1 aromatic carbocycles. The third-order valence-electron chi connectivity index (χ3n) is 6.13. The molecule has 1 saturated carbocycles. The van der Waals surface area contributed by atoms with E-state index in [1.807, 2.05) is 10.8 Å². The zero-order chi connectivity index (χ0) is 24.4. The second-order valence-electron chi connectivity index (χ2n) is 8.90. The number of benzene rings is 1. The first kappa shape index (κ1) is 27.2. The second-order valence-corrected chi connectivity index (χ2v) is 10.6. The first-order valence-electron chi connectivity index (χ1n) is 11.5. The molecule has 2 amide bonds. The van der Waals surface area contributed by atoms with E-state index < -0.39 is 40.1 Å². The summed E-state index contributed by atoms with van der Waals surface area (Å²) in [5.74, 6) is -1.31. The van der Waals surface area contributed by atoms with Gasteiger partial charge in [0.15, 0.2) is 0 Å². The van der Waals surface area contributed by atoms with Crippen molar-refractivity contribution in [3.63, 3.8) is 0 Å². The Kier molecular flexibility index (Phi) is 10.7. The average molecular weight is 485 g/mol. The number of rotatable bonds is 13. The number of hydrogen-bond acceptors (Lipinski definition) is 7. The summed E-state index contributed by atoms with van der Waals surface area (Å²) in [7, 11) is -3.53. The van der Waals surface area contributed by atoms with E-state index in [0.29, 0.717) is 24.9 Å². The van der Waals surface area contributed by atoms with Crippen molar-refractivity contribution in [2.75, 3.05) is 11.6 Å². The van der Waals surface area contributed by atoms with Gasteiger partial charge in [-0.3, -0.25) is 14.3 Å². The lowest BCUT2D eigenvalue weighted by Crippen LogP contribution is -2.30. The van der Waals surface area contributed by atoms with Gasteiger partial charge in [-0.2, -0.15) is 0 Å². The summed E-state index contributed by atoms with van der Waals surface area (Å²) >= 11 is 0. The molecular weight excluding hydrogens is 448 g/mol. The fourth-order valence-corrected chi connectivity index (χ4v) is 5.00. The predicted molar refractivity (Wildman–Crippen MR) is 125 cm³/mol. The molecule has 0 radical (unpaired) electrons. The third kappa shape index (κ3) is 9.79. The van der Waals surface area contributed by atoms with Crippen LogP contribution in [0.4, 0.5) is 5.69 Å². The molecule has 0 aromatic heterocycles. The average Bonchev–Trinajstić information content (AvgIpc) is 3.00. The molecule has 0 heterocycles. The monoisotopic (exact) mass is 484 g/mol. The highest BCUT2D eigenvalue weighted by molar-refractivity contribution is 7.89. The number of aliphatic hydroxyl groups excluding tert-OH is 3. The summed E-state index contributed by atoms with van der Waals surface area (Å²) in [5, 5.41) is 33.6. The van der Waals surface area contributed by atoms with Crippen molar-refractivity contribution in [2.24, 2.45) is 11.8 Å². The van der Waals surface area contributed by atoms with Gasteiger partial charge in [0, 0.05) is 12.1 Å². The van der Waals surface area contributed by atoms with Gasteiger partial charge in [0.1, 0.15) is 6.10 Å². The fraction of sp³-hybridized carbons (Fsp3) is 0.652. The van der Waals surface area contributed by atoms with Crippen LogP contribution in [-0.2, 0) is 19.6 Å². The fourth-order valence-electron chi connectivity index (χ4n) is 4.49. The first-order chi connectivity index (χ1) is 15.6. The van der Waals surface area contributed by atoms with Gasteiger partial charge in [-0.05, 0) is 56.1 Å². The lowest BCUT2D eigenvalue weighted by Gasteiger charge is -2.24. The van der Waals surface area contributed by atoms with Crippen molar-refractivity contribution in [1.82, 2.24) is 4.72 Å². The minimum Gasteiger partial charge on any atom is -0.393 e. The van der Waals surface area contributed by atoms with Crippen molar-refractivity contribution in [2.45, 2.75) is 76.1 Å². The Morgan fingerprint density at radius 2 is 1.61 bits per heavy atom. The van der Waals surface area contributed by atoms with Gasteiger partial charge >= 0.3 is 0 Å². The summed E-state index contributed by atoms with van der Waals surface area (Å²) in [6.07, 6.45) is 3.14. The highest BCUT2D eigenvalue weighted by atomic mass is 32.2. The van der Waals surface area contributed by atoms with Crippen LogP contribution in [0.25, 0.3) is 0 Å². The zero-order valence-electron chi connectivity index (χ0n) is 19.0. The van der Waals surface area contributed by atoms with Crippen LogP contribution in [0.1, 0.15) is 57.8 Å². The van der Waals surface area contributed by atoms with Gasteiger partial charge in [0.25, 0.3) is 5.91 Å². The summed E-state index contributed by atoms with van der Waals surface area (Å²) in [6.45, 7) is 0. The van der Waals surface area contributed by atoms with E-state index in [0.717, 1.165) is 25.5 Å². The molecule has 2 rings (SSSR count). The molecule has 1 aliphatic carbocycles. The summed E-state index contributed by atoms with van der Waals surface area (Å²) in [5.41, 5.74) is 0.601. The van der Waals surface area contributed by atoms with Crippen molar-refractivity contribution in [3.8, 4) is 0 Å². The number of sulfonamides is 1. The Bertz CT molecular complexity index is 863. The van der Waals surface area contributed by atoms with Gasteiger partial charge < -0.3 is 20.6 Å². The maximum Gasteiger partial charge on any atom is 0.253 e. The summed E-state index contributed by atoms with van der Waals surface area (Å²) in [4.78, 5) is 23.7. The van der Waals surface area contributed by atoms with Crippen LogP contribution in [0.5, 0.6) is 0 Å². The van der Waals surface area contributed by atoms with E-state index in [2.05, 4.69) is 5.32 Å². The summed E-state index contributed by atoms with van der Waals surface area (Å²) in [6, 6.07) is 8.86. The third-order valence-corrected chi connectivity index (χ3v) is 6.73. The Hall–Kier alpha value is -2.01. The lowest BCUT2D eigenvalue weighted by molar-refractivity contribution is -0.124. The van der Waals surface area contributed by atoms with Crippen LogP contribution in [-0.4, -0.2) is 60.1 Å². The normalized spacial score (nSPS) is 23.8.